The minimum atomic E-state index is -0.953. The molecule has 1 saturated carbocycles. The van der Waals surface area contributed by atoms with E-state index in [1.165, 1.54) is 12.1 Å². The van der Waals surface area contributed by atoms with Crippen LogP contribution in [0.25, 0.3) is 11.3 Å². The van der Waals surface area contributed by atoms with Crippen LogP contribution in [0.3, 0.4) is 0 Å². The molecule has 0 atom stereocenters. The van der Waals surface area contributed by atoms with Gasteiger partial charge >= 0.3 is 5.97 Å². The van der Waals surface area contributed by atoms with Crippen molar-refractivity contribution < 1.29 is 15.0 Å². The van der Waals surface area contributed by atoms with Gasteiger partial charge in [0, 0.05) is 5.56 Å². The molecule has 1 aliphatic carbocycles. The number of aromatic nitrogens is 3. The first kappa shape index (κ1) is 11.9. The van der Waals surface area contributed by atoms with Crippen LogP contribution in [0.5, 0.6) is 0 Å². The Kier molecular flexibility index (Phi) is 2.60. The average molecular weight is 259 g/mol. The van der Waals surface area contributed by atoms with Gasteiger partial charge in [-0.3, -0.25) is 0 Å². The van der Waals surface area contributed by atoms with Crippen LogP contribution >= 0.6 is 0 Å². The molecular formula is C13H13N3O3. The summed E-state index contributed by atoms with van der Waals surface area (Å²) < 4.78 is 1.62. The predicted octanol–water partition coefficient (Wildman–Crippen LogP) is 1.17. The minimum absolute atomic E-state index is 0.239. The Hall–Kier alpha value is -2.21. The van der Waals surface area contributed by atoms with Gasteiger partial charge in [-0.2, -0.15) is 0 Å². The highest BCUT2D eigenvalue weighted by Gasteiger charge is 2.41. The molecule has 98 valence electrons. The van der Waals surface area contributed by atoms with Crippen LogP contribution in [0, 0.1) is 0 Å². The second kappa shape index (κ2) is 4.17. The van der Waals surface area contributed by atoms with E-state index in [-0.39, 0.29) is 5.56 Å². The summed E-state index contributed by atoms with van der Waals surface area (Å²) in [7, 11) is 0. The van der Waals surface area contributed by atoms with Crippen molar-refractivity contribution in [2.45, 2.75) is 25.0 Å². The third kappa shape index (κ3) is 2.48. The topological polar surface area (TPSA) is 88.2 Å². The molecule has 0 radical (unpaired) electrons. The monoisotopic (exact) mass is 259 g/mol. The van der Waals surface area contributed by atoms with Crippen molar-refractivity contribution in [2.75, 3.05) is 0 Å². The molecule has 19 heavy (non-hydrogen) atoms. The molecule has 6 heteroatoms. The van der Waals surface area contributed by atoms with Crippen molar-refractivity contribution in [3.05, 3.63) is 36.0 Å². The van der Waals surface area contributed by atoms with E-state index in [1.807, 2.05) is 0 Å². The highest BCUT2D eigenvalue weighted by atomic mass is 16.4. The maximum atomic E-state index is 10.8. The molecule has 2 aromatic rings. The number of carboxylic acid groups (broad SMARTS) is 1. The van der Waals surface area contributed by atoms with Crippen LogP contribution in [0.15, 0.2) is 30.5 Å². The molecule has 1 aromatic carbocycles. The Labute approximate surface area is 109 Å². The van der Waals surface area contributed by atoms with Crippen LogP contribution in [0.2, 0.25) is 0 Å². The molecule has 0 spiro atoms. The fourth-order valence-corrected chi connectivity index (χ4v) is 1.90. The van der Waals surface area contributed by atoms with E-state index in [0.717, 1.165) is 18.4 Å². The molecule has 0 bridgehead atoms. The molecule has 1 aromatic heterocycles. The van der Waals surface area contributed by atoms with E-state index < -0.39 is 11.6 Å². The highest BCUT2D eigenvalue weighted by molar-refractivity contribution is 5.88. The van der Waals surface area contributed by atoms with E-state index in [1.54, 1.807) is 23.0 Å². The molecule has 1 heterocycles. The molecule has 2 N–H and O–H groups in total. The number of rotatable bonds is 4. The van der Waals surface area contributed by atoms with Gasteiger partial charge in [0.25, 0.3) is 0 Å². The third-order valence-electron chi connectivity index (χ3n) is 3.25. The molecule has 0 unspecified atom stereocenters. The van der Waals surface area contributed by atoms with E-state index in [0.29, 0.717) is 12.2 Å². The number of nitrogens with zero attached hydrogens (tertiary/aromatic N) is 3. The van der Waals surface area contributed by atoms with Crippen LogP contribution < -0.4 is 0 Å². The summed E-state index contributed by atoms with van der Waals surface area (Å²) in [5.41, 5.74) is 1.10. The fourth-order valence-electron chi connectivity index (χ4n) is 1.90. The van der Waals surface area contributed by atoms with Gasteiger partial charge in [0.2, 0.25) is 0 Å². The Balaban J connectivity index is 1.80. The fraction of sp³-hybridized carbons (Fsp3) is 0.308. The largest absolute Gasteiger partial charge is 0.478 e. The van der Waals surface area contributed by atoms with Gasteiger partial charge in [-0.05, 0) is 25.0 Å². The Morgan fingerprint density at radius 1 is 1.32 bits per heavy atom. The summed E-state index contributed by atoms with van der Waals surface area (Å²) in [6, 6.07) is 6.46. The quantitative estimate of drug-likeness (QED) is 0.860. The van der Waals surface area contributed by atoms with Crippen LogP contribution in [-0.4, -0.2) is 36.8 Å². The van der Waals surface area contributed by atoms with Crippen molar-refractivity contribution in [3.8, 4) is 11.3 Å². The zero-order valence-electron chi connectivity index (χ0n) is 10.2. The van der Waals surface area contributed by atoms with Gasteiger partial charge in [0.1, 0.15) is 5.69 Å². The third-order valence-corrected chi connectivity index (χ3v) is 3.25. The van der Waals surface area contributed by atoms with Crippen molar-refractivity contribution in [3.63, 3.8) is 0 Å². The molecule has 3 rings (SSSR count). The Morgan fingerprint density at radius 3 is 2.58 bits per heavy atom. The lowest BCUT2D eigenvalue weighted by atomic mass is 10.1. The number of carboxylic acids is 1. The molecular weight excluding hydrogens is 246 g/mol. The van der Waals surface area contributed by atoms with E-state index >= 15 is 0 Å². The van der Waals surface area contributed by atoms with Crippen molar-refractivity contribution in [1.29, 1.82) is 0 Å². The zero-order chi connectivity index (χ0) is 13.5. The van der Waals surface area contributed by atoms with E-state index in [2.05, 4.69) is 10.3 Å². The van der Waals surface area contributed by atoms with Crippen LogP contribution in [0.4, 0.5) is 0 Å². The van der Waals surface area contributed by atoms with Gasteiger partial charge in [-0.25, -0.2) is 9.48 Å². The van der Waals surface area contributed by atoms with Crippen LogP contribution in [-0.2, 0) is 6.54 Å². The highest BCUT2D eigenvalue weighted by Crippen LogP contribution is 2.36. The first-order valence-corrected chi connectivity index (χ1v) is 6.02. The Bertz CT molecular complexity index is 614. The van der Waals surface area contributed by atoms with Crippen molar-refractivity contribution in [2.24, 2.45) is 0 Å². The smallest absolute Gasteiger partial charge is 0.335 e. The number of hydrogen-bond acceptors (Lipinski definition) is 4. The first-order valence-electron chi connectivity index (χ1n) is 6.02. The summed E-state index contributed by atoms with van der Waals surface area (Å²) in [6.45, 7) is 0.452. The second-order valence-corrected chi connectivity index (χ2v) is 4.91. The molecule has 0 saturated heterocycles. The lowest BCUT2D eigenvalue weighted by molar-refractivity contribution is 0.0697. The van der Waals surface area contributed by atoms with Crippen molar-refractivity contribution in [1.82, 2.24) is 15.0 Å². The summed E-state index contributed by atoms with van der Waals surface area (Å²) >= 11 is 0. The van der Waals surface area contributed by atoms with E-state index in [4.69, 9.17) is 5.11 Å². The predicted molar refractivity (Wildman–Crippen MR) is 66.6 cm³/mol. The molecule has 0 aliphatic heterocycles. The van der Waals surface area contributed by atoms with Gasteiger partial charge in [0.05, 0.1) is 23.9 Å². The van der Waals surface area contributed by atoms with Gasteiger partial charge in [0.15, 0.2) is 0 Å². The molecule has 1 fully saturated rings. The number of aliphatic hydroxyl groups is 1. The van der Waals surface area contributed by atoms with Crippen molar-refractivity contribution >= 4 is 5.97 Å². The zero-order valence-corrected chi connectivity index (χ0v) is 10.2. The number of carbonyl (C=O) groups is 1. The standard InChI is InChI=1S/C13H13N3O3/c17-12(18)10-3-1-9(2-4-10)11-7-16(15-14-11)8-13(19)5-6-13/h1-4,7,19H,5-6,8H2,(H,17,18). The summed E-state index contributed by atoms with van der Waals surface area (Å²) in [4.78, 5) is 10.8. The van der Waals surface area contributed by atoms with Crippen LogP contribution in [0.1, 0.15) is 23.2 Å². The normalized spacial score (nSPS) is 16.3. The molecule has 0 amide bonds. The summed E-state index contributed by atoms with van der Waals surface area (Å²) in [5.74, 6) is -0.953. The summed E-state index contributed by atoms with van der Waals surface area (Å²) in [5, 5.41) is 26.6. The average Bonchev–Trinajstić information content (AvgIpc) is 2.93. The van der Waals surface area contributed by atoms with Gasteiger partial charge in [-0.1, -0.05) is 17.3 Å². The lowest BCUT2D eigenvalue weighted by Crippen LogP contribution is -2.17. The second-order valence-electron chi connectivity index (χ2n) is 4.91. The van der Waals surface area contributed by atoms with Gasteiger partial charge < -0.3 is 10.2 Å². The maximum Gasteiger partial charge on any atom is 0.335 e. The molecule has 6 nitrogen and oxygen atoms in total. The number of hydrogen-bond donors (Lipinski definition) is 2. The maximum absolute atomic E-state index is 10.8. The van der Waals surface area contributed by atoms with E-state index in [9.17, 15) is 9.90 Å². The van der Waals surface area contributed by atoms with Gasteiger partial charge in [-0.15, -0.1) is 5.10 Å². The number of benzene rings is 1. The lowest BCUT2D eigenvalue weighted by Gasteiger charge is -2.05. The Morgan fingerprint density at radius 2 is 2.00 bits per heavy atom. The number of aromatic carboxylic acids is 1. The first-order chi connectivity index (χ1) is 9.06. The molecule has 1 aliphatic rings. The SMILES string of the molecule is O=C(O)c1ccc(-c2cn(CC3(O)CC3)nn2)cc1. The minimum Gasteiger partial charge on any atom is -0.478 e. The summed E-state index contributed by atoms with van der Waals surface area (Å²) in [6.07, 6.45) is 3.36.